The van der Waals surface area contributed by atoms with E-state index in [1.807, 2.05) is 0 Å². The molecule has 0 unspecified atom stereocenters. The highest BCUT2D eigenvalue weighted by Crippen LogP contribution is 2.19. The number of aryl methyl sites for hydroxylation is 1. The molecule has 1 N–H and O–H groups in total. The molecule has 0 radical (unpaired) electrons. The maximum atomic E-state index is 11.7. The van der Waals surface area contributed by atoms with Crippen LogP contribution in [0.1, 0.15) is 12.0 Å². The standard InChI is InChI=1S/C15H16N2OS/c1-12-2-4-14(5-3-12)19-11-8-15(18)17-13-6-9-16-10-7-13/h2-7,9-10H,8,11H2,1H3,(H,16,17,18). The molecule has 19 heavy (non-hydrogen) atoms. The molecular formula is C15H16N2OS. The number of anilines is 1. The van der Waals surface area contributed by atoms with Crippen LogP contribution in [0.2, 0.25) is 0 Å². The summed E-state index contributed by atoms with van der Waals surface area (Å²) >= 11 is 1.69. The van der Waals surface area contributed by atoms with Crippen LogP contribution in [0.15, 0.2) is 53.7 Å². The second-order valence-corrected chi connectivity index (χ2v) is 5.36. The topological polar surface area (TPSA) is 42.0 Å². The van der Waals surface area contributed by atoms with Gasteiger partial charge < -0.3 is 5.32 Å². The van der Waals surface area contributed by atoms with Gasteiger partial charge in [0, 0.05) is 35.2 Å². The normalized spacial score (nSPS) is 10.2. The van der Waals surface area contributed by atoms with Crippen molar-refractivity contribution in [3.8, 4) is 0 Å². The number of hydrogen-bond acceptors (Lipinski definition) is 3. The van der Waals surface area contributed by atoms with Crippen molar-refractivity contribution < 1.29 is 4.79 Å². The van der Waals surface area contributed by atoms with Crippen molar-refractivity contribution in [3.63, 3.8) is 0 Å². The van der Waals surface area contributed by atoms with Crippen LogP contribution in [-0.4, -0.2) is 16.6 Å². The molecule has 2 aromatic rings. The number of amides is 1. The first-order chi connectivity index (χ1) is 9.24. The summed E-state index contributed by atoms with van der Waals surface area (Å²) in [5.74, 6) is 0.811. The number of hydrogen-bond donors (Lipinski definition) is 1. The monoisotopic (exact) mass is 272 g/mol. The van der Waals surface area contributed by atoms with E-state index in [0.717, 1.165) is 11.4 Å². The van der Waals surface area contributed by atoms with E-state index >= 15 is 0 Å². The fourth-order valence-corrected chi connectivity index (χ4v) is 2.41. The van der Waals surface area contributed by atoms with Gasteiger partial charge in [-0.25, -0.2) is 0 Å². The van der Waals surface area contributed by atoms with Crippen molar-refractivity contribution in [2.75, 3.05) is 11.1 Å². The van der Waals surface area contributed by atoms with Gasteiger partial charge in [-0.2, -0.15) is 0 Å². The number of thioether (sulfide) groups is 1. The Balaban J connectivity index is 1.74. The lowest BCUT2D eigenvalue weighted by molar-refractivity contribution is -0.115. The summed E-state index contributed by atoms with van der Waals surface area (Å²) in [5.41, 5.74) is 2.04. The predicted molar refractivity (Wildman–Crippen MR) is 79.4 cm³/mol. The van der Waals surface area contributed by atoms with Crippen molar-refractivity contribution in [1.29, 1.82) is 0 Å². The molecule has 3 nitrogen and oxygen atoms in total. The zero-order valence-electron chi connectivity index (χ0n) is 10.8. The molecule has 0 aliphatic heterocycles. The lowest BCUT2D eigenvalue weighted by Gasteiger charge is -2.05. The fraction of sp³-hybridized carbons (Fsp3) is 0.200. The number of rotatable bonds is 5. The fourth-order valence-electron chi connectivity index (χ4n) is 1.55. The third-order valence-corrected chi connectivity index (χ3v) is 3.60. The molecule has 0 saturated heterocycles. The lowest BCUT2D eigenvalue weighted by atomic mass is 10.2. The van der Waals surface area contributed by atoms with Gasteiger partial charge >= 0.3 is 0 Å². The van der Waals surface area contributed by atoms with Crippen LogP contribution in [0.5, 0.6) is 0 Å². The number of carbonyl (C=O) groups is 1. The minimum atomic E-state index is 0.0332. The summed E-state index contributed by atoms with van der Waals surface area (Å²) in [6.07, 6.45) is 3.83. The minimum absolute atomic E-state index is 0.0332. The Bertz CT molecular complexity index is 526. The highest BCUT2D eigenvalue weighted by molar-refractivity contribution is 7.99. The van der Waals surface area contributed by atoms with Crippen molar-refractivity contribution in [1.82, 2.24) is 4.98 Å². The van der Waals surface area contributed by atoms with Gasteiger partial charge in [-0.15, -0.1) is 11.8 Å². The smallest absolute Gasteiger partial charge is 0.225 e. The number of aromatic nitrogens is 1. The van der Waals surface area contributed by atoms with E-state index in [2.05, 4.69) is 41.5 Å². The van der Waals surface area contributed by atoms with E-state index in [1.54, 1.807) is 36.3 Å². The summed E-state index contributed by atoms with van der Waals surface area (Å²) in [4.78, 5) is 16.8. The highest BCUT2D eigenvalue weighted by atomic mass is 32.2. The van der Waals surface area contributed by atoms with E-state index in [0.29, 0.717) is 6.42 Å². The second kappa shape index (κ2) is 6.95. The molecule has 0 saturated carbocycles. The number of benzene rings is 1. The lowest BCUT2D eigenvalue weighted by Crippen LogP contribution is -2.12. The van der Waals surface area contributed by atoms with E-state index in [9.17, 15) is 4.79 Å². The van der Waals surface area contributed by atoms with Crippen molar-refractivity contribution in [2.45, 2.75) is 18.2 Å². The molecule has 1 heterocycles. The summed E-state index contributed by atoms with van der Waals surface area (Å²) in [6, 6.07) is 11.9. The van der Waals surface area contributed by atoms with E-state index < -0.39 is 0 Å². The molecular weight excluding hydrogens is 256 g/mol. The first-order valence-electron chi connectivity index (χ1n) is 6.13. The second-order valence-electron chi connectivity index (χ2n) is 4.20. The van der Waals surface area contributed by atoms with Crippen LogP contribution >= 0.6 is 11.8 Å². The number of pyridine rings is 1. The third kappa shape index (κ3) is 4.75. The van der Waals surface area contributed by atoms with Gasteiger partial charge in [0.2, 0.25) is 5.91 Å². The maximum Gasteiger partial charge on any atom is 0.225 e. The van der Waals surface area contributed by atoms with Crippen LogP contribution in [0.3, 0.4) is 0 Å². The summed E-state index contributed by atoms with van der Waals surface area (Å²) < 4.78 is 0. The number of nitrogens with one attached hydrogen (secondary N) is 1. The van der Waals surface area contributed by atoms with Crippen molar-refractivity contribution in [3.05, 3.63) is 54.4 Å². The van der Waals surface area contributed by atoms with E-state index in [1.165, 1.54) is 10.5 Å². The average molecular weight is 272 g/mol. The highest BCUT2D eigenvalue weighted by Gasteiger charge is 2.02. The zero-order valence-corrected chi connectivity index (χ0v) is 11.6. The summed E-state index contributed by atoms with van der Waals surface area (Å²) in [5, 5.41) is 2.85. The van der Waals surface area contributed by atoms with Crippen molar-refractivity contribution >= 4 is 23.4 Å². The van der Waals surface area contributed by atoms with Gasteiger partial charge in [0.15, 0.2) is 0 Å². The molecule has 0 spiro atoms. The molecule has 0 fully saturated rings. The Kier molecular flexibility index (Phi) is 4.98. The molecule has 0 aliphatic rings. The molecule has 2 rings (SSSR count). The Morgan fingerprint density at radius 1 is 1.16 bits per heavy atom. The van der Waals surface area contributed by atoms with E-state index in [4.69, 9.17) is 0 Å². The van der Waals surface area contributed by atoms with E-state index in [-0.39, 0.29) is 5.91 Å². The maximum absolute atomic E-state index is 11.7. The molecule has 0 bridgehead atoms. The quantitative estimate of drug-likeness (QED) is 0.847. The van der Waals surface area contributed by atoms with Gasteiger partial charge in [-0.3, -0.25) is 9.78 Å². The Morgan fingerprint density at radius 2 is 1.84 bits per heavy atom. The van der Waals surface area contributed by atoms with Crippen LogP contribution in [0.4, 0.5) is 5.69 Å². The minimum Gasteiger partial charge on any atom is -0.326 e. The van der Waals surface area contributed by atoms with Crippen LogP contribution < -0.4 is 5.32 Å². The molecule has 1 aromatic heterocycles. The van der Waals surface area contributed by atoms with Gasteiger partial charge in [-0.1, -0.05) is 17.7 Å². The third-order valence-electron chi connectivity index (χ3n) is 2.58. The van der Waals surface area contributed by atoms with Gasteiger partial charge in [0.05, 0.1) is 0 Å². The SMILES string of the molecule is Cc1ccc(SCCC(=O)Nc2ccncc2)cc1. The molecule has 0 atom stereocenters. The molecule has 98 valence electrons. The number of carbonyl (C=O) groups excluding carboxylic acids is 1. The predicted octanol–water partition coefficient (Wildman–Crippen LogP) is 3.51. The summed E-state index contributed by atoms with van der Waals surface area (Å²) in [7, 11) is 0. The molecule has 1 amide bonds. The van der Waals surface area contributed by atoms with Crippen LogP contribution in [-0.2, 0) is 4.79 Å². The Morgan fingerprint density at radius 3 is 2.53 bits per heavy atom. The molecule has 0 aliphatic carbocycles. The van der Waals surface area contributed by atoms with Gasteiger partial charge in [0.25, 0.3) is 0 Å². The zero-order chi connectivity index (χ0) is 13.5. The van der Waals surface area contributed by atoms with Crippen LogP contribution in [0, 0.1) is 6.92 Å². The Labute approximate surface area is 117 Å². The Hall–Kier alpha value is -1.81. The van der Waals surface area contributed by atoms with Gasteiger partial charge in [0.1, 0.15) is 0 Å². The first-order valence-corrected chi connectivity index (χ1v) is 7.12. The first kappa shape index (κ1) is 13.6. The van der Waals surface area contributed by atoms with Gasteiger partial charge in [-0.05, 0) is 31.2 Å². The molecule has 1 aromatic carbocycles. The number of nitrogens with zero attached hydrogens (tertiary/aromatic N) is 1. The van der Waals surface area contributed by atoms with Crippen molar-refractivity contribution in [2.24, 2.45) is 0 Å². The molecule has 4 heteroatoms. The van der Waals surface area contributed by atoms with Crippen LogP contribution in [0.25, 0.3) is 0 Å². The average Bonchev–Trinajstić information content (AvgIpc) is 2.42. The largest absolute Gasteiger partial charge is 0.326 e. The summed E-state index contributed by atoms with van der Waals surface area (Å²) in [6.45, 7) is 2.07.